The van der Waals surface area contributed by atoms with E-state index in [0.717, 1.165) is 44.9 Å². The average molecular weight is 379 g/mol. The molecule has 0 heterocycles. The summed E-state index contributed by atoms with van der Waals surface area (Å²) in [5.74, 6) is 1.88. The lowest BCUT2D eigenvalue weighted by Crippen LogP contribution is -2.51. The number of halogens is 1. The van der Waals surface area contributed by atoms with Crippen LogP contribution in [0.4, 0.5) is 0 Å². The summed E-state index contributed by atoms with van der Waals surface area (Å²) in [5.41, 5.74) is 1.85. The third-order valence-electron chi connectivity index (χ3n) is 8.67. The predicted molar refractivity (Wildman–Crippen MR) is 102 cm³/mol. The third kappa shape index (κ3) is 2.68. The second kappa shape index (κ2) is 6.36. The Hall–Kier alpha value is -0.830. The highest BCUT2D eigenvalue weighted by atomic mass is 35.5. The van der Waals surface area contributed by atoms with Crippen LogP contribution in [0.1, 0.15) is 72.1 Å². The van der Waals surface area contributed by atoms with Crippen molar-refractivity contribution in [1.82, 2.24) is 0 Å². The van der Waals surface area contributed by atoms with E-state index in [2.05, 4.69) is 19.9 Å². The molecule has 3 nitrogen and oxygen atoms in total. The van der Waals surface area contributed by atoms with Gasteiger partial charge in [-0.1, -0.05) is 25.5 Å². The van der Waals surface area contributed by atoms with Crippen molar-refractivity contribution in [3.05, 3.63) is 11.6 Å². The molecule has 26 heavy (non-hydrogen) atoms. The molecule has 0 N–H and O–H groups in total. The predicted octanol–water partition coefficient (Wildman–Crippen LogP) is 5.26. The van der Waals surface area contributed by atoms with Crippen molar-refractivity contribution in [2.24, 2.45) is 34.5 Å². The van der Waals surface area contributed by atoms with Crippen LogP contribution in [-0.4, -0.2) is 17.3 Å². The lowest BCUT2D eigenvalue weighted by Gasteiger charge is -2.57. The minimum atomic E-state index is -0.163. The molecule has 4 rings (SSSR count). The van der Waals surface area contributed by atoms with Crippen LogP contribution >= 0.6 is 11.6 Å². The zero-order valence-electron chi connectivity index (χ0n) is 16.2. The van der Waals surface area contributed by atoms with Crippen LogP contribution in [0.15, 0.2) is 11.6 Å². The van der Waals surface area contributed by atoms with Gasteiger partial charge in [0.2, 0.25) is 5.24 Å². The van der Waals surface area contributed by atoms with Crippen LogP contribution < -0.4 is 0 Å². The molecule has 0 radical (unpaired) electrons. The zero-order chi connectivity index (χ0) is 18.7. The van der Waals surface area contributed by atoms with E-state index in [1.807, 2.05) is 0 Å². The highest BCUT2D eigenvalue weighted by Gasteiger charge is 2.59. The van der Waals surface area contributed by atoms with Gasteiger partial charge in [0.05, 0.1) is 0 Å². The van der Waals surface area contributed by atoms with Crippen molar-refractivity contribution in [3.63, 3.8) is 0 Å². The van der Waals surface area contributed by atoms with E-state index in [1.165, 1.54) is 18.9 Å². The first-order chi connectivity index (χ1) is 12.3. The summed E-state index contributed by atoms with van der Waals surface area (Å²) >= 11 is 5.97. The van der Waals surface area contributed by atoms with Crippen LogP contribution in [0.25, 0.3) is 0 Å². The first kappa shape index (κ1) is 18.5. The molecule has 0 aromatic heterocycles. The number of fused-ring (bicyclic) bond motifs is 5. The molecule has 3 fully saturated rings. The monoisotopic (exact) mass is 378 g/mol. The minimum absolute atomic E-state index is 0.0491. The van der Waals surface area contributed by atoms with E-state index in [-0.39, 0.29) is 34.1 Å². The van der Waals surface area contributed by atoms with E-state index in [4.69, 9.17) is 16.3 Å². The van der Waals surface area contributed by atoms with Crippen molar-refractivity contribution in [2.45, 2.75) is 78.2 Å². The van der Waals surface area contributed by atoms with E-state index in [1.54, 1.807) is 0 Å². The number of carbonyl (C=O) groups is 2. The van der Waals surface area contributed by atoms with Gasteiger partial charge in [-0.15, -0.1) is 0 Å². The minimum Gasteiger partial charge on any atom is -0.462 e. The molecule has 4 aliphatic carbocycles. The van der Waals surface area contributed by atoms with Crippen LogP contribution in [0, 0.1) is 34.5 Å². The Morgan fingerprint density at radius 1 is 1.12 bits per heavy atom. The maximum absolute atomic E-state index is 12.0. The third-order valence-corrected chi connectivity index (χ3v) is 8.93. The number of hydrogen-bond acceptors (Lipinski definition) is 3. The smallest absolute Gasteiger partial charge is 0.302 e. The molecule has 0 aromatic carbocycles. The standard InChI is InChI=1S/C22H31ClO3/c1-13(24)26-15-8-10-21(2)14(12-15)4-5-16-17-6-7-19(20(23)25)22(17,3)11-9-18(16)21/h4,15-19H,5-12H2,1-3H3/t15?,16-,17-,18-,19+,21-,22-/m0/s1. The Balaban J connectivity index is 1.59. The Morgan fingerprint density at radius 2 is 1.88 bits per heavy atom. The Morgan fingerprint density at radius 3 is 2.58 bits per heavy atom. The highest BCUT2D eigenvalue weighted by Crippen LogP contribution is 2.66. The number of hydrogen-bond donors (Lipinski definition) is 0. The van der Waals surface area contributed by atoms with Gasteiger partial charge >= 0.3 is 5.97 Å². The molecule has 0 saturated heterocycles. The molecule has 0 aromatic rings. The SMILES string of the molecule is CC(=O)OC1CC[C@@]2(C)C(=CC[C@H]3[C@@H]4CC[C@H](C(=O)Cl)[C@@]4(C)CC[C@@H]32)C1. The number of esters is 1. The molecule has 0 bridgehead atoms. The molecule has 4 heteroatoms. The lowest BCUT2D eigenvalue weighted by atomic mass is 9.47. The molecule has 0 spiro atoms. The summed E-state index contributed by atoms with van der Waals surface area (Å²) < 4.78 is 5.52. The number of rotatable bonds is 2. The second-order valence-electron chi connectivity index (χ2n) is 9.71. The van der Waals surface area contributed by atoms with E-state index >= 15 is 0 Å². The Kier molecular flexibility index (Phi) is 4.53. The summed E-state index contributed by atoms with van der Waals surface area (Å²) in [6.45, 7) is 6.28. The van der Waals surface area contributed by atoms with E-state index in [0.29, 0.717) is 17.8 Å². The normalized spacial score (nSPS) is 47.2. The van der Waals surface area contributed by atoms with Gasteiger partial charge in [0.15, 0.2) is 0 Å². The summed E-state index contributed by atoms with van der Waals surface area (Å²) in [6.07, 6.45) is 11.1. The molecular weight excluding hydrogens is 348 g/mol. The molecule has 1 unspecified atom stereocenters. The van der Waals surface area contributed by atoms with Gasteiger partial charge in [-0.3, -0.25) is 9.59 Å². The first-order valence-corrected chi connectivity index (χ1v) is 10.7. The maximum atomic E-state index is 12.0. The van der Waals surface area contributed by atoms with Crippen LogP contribution in [0.2, 0.25) is 0 Å². The highest BCUT2D eigenvalue weighted by molar-refractivity contribution is 6.64. The topological polar surface area (TPSA) is 43.4 Å². The fourth-order valence-corrected chi connectivity index (χ4v) is 7.69. The average Bonchev–Trinajstić information content (AvgIpc) is 2.92. The first-order valence-electron chi connectivity index (χ1n) is 10.3. The van der Waals surface area contributed by atoms with Crippen molar-refractivity contribution >= 4 is 22.8 Å². The van der Waals surface area contributed by atoms with Gasteiger partial charge in [0, 0.05) is 19.3 Å². The second-order valence-corrected chi connectivity index (χ2v) is 10.1. The number of allylic oxidation sites excluding steroid dienone is 1. The molecule has 144 valence electrons. The summed E-state index contributed by atoms with van der Waals surface area (Å²) in [5, 5.41) is -0.117. The molecule has 4 aliphatic rings. The van der Waals surface area contributed by atoms with Crippen molar-refractivity contribution in [2.75, 3.05) is 0 Å². The molecule has 7 atom stereocenters. The molecule has 0 amide bonds. The lowest BCUT2D eigenvalue weighted by molar-refractivity contribution is -0.148. The summed E-state index contributed by atoms with van der Waals surface area (Å²) in [6, 6.07) is 0. The zero-order valence-corrected chi connectivity index (χ0v) is 17.0. The molecular formula is C22H31ClO3. The Bertz CT molecular complexity index is 656. The number of carbonyl (C=O) groups excluding carboxylic acids is 2. The van der Waals surface area contributed by atoms with Crippen molar-refractivity contribution in [1.29, 1.82) is 0 Å². The maximum Gasteiger partial charge on any atom is 0.302 e. The summed E-state index contributed by atoms with van der Waals surface area (Å²) in [7, 11) is 0. The van der Waals surface area contributed by atoms with Gasteiger partial charge in [-0.05, 0) is 85.1 Å². The summed E-state index contributed by atoms with van der Waals surface area (Å²) in [4.78, 5) is 23.3. The fraction of sp³-hybridized carbons (Fsp3) is 0.818. The van der Waals surface area contributed by atoms with Gasteiger partial charge in [-0.25, -0.2) is 0 Å². The van der Waals surface area contributed by atoms with Gasteiger partial charge in [-0.2, -0.15) is 0 Å². The number of ether oxygens (including phenoxy) is 1. The van der Waals surface area contributed by atoms with Gasteiger partial charge < -0.3 is 4.74 Å². The fourth-order valence-electron chi connectivity index (χ4n) is 7.34. The molecule has 0 aliphatic heterocycles. The van der Waals surface area contributed by atoms with Gasteiger partial charge in [0.25, 0.3) is 0 Å². The van der Waals surface area contributed by atoms with Crippen LogP contribution in [-0.2, 0) is 14.3 Å². The van der Waals surface area contributed by atoms with E-state index < -0.39 is 0 Å². The molecule has 3 saturated carbocycles. The largest absolute Gasteiger partial charge is 0.462 e. The van der Waals surface area contributed by atoms with Crippen LogP contribution in [0.3, 0.4) is 0 Å². The van der Waals surface area contributed by atoms with Gasteiger partial charge in [0.1, 0.15) is 6.10 Å². The van der Waals surface area contributed by atoms with E-state index in [9.17, 15) is 9.59 Å². The Labute approximate surface area is 161 Å². The quantitative estimate of drug-likeness (QED) is 0.374. The van der Waals surface area contributed by atoms with Crippen molar-refractivity contribution < 1.29 is 14.3 Å². The van der Waals surface area contributed by atoms with Crippen LogP contribution in [0.5, 0.6) is 0 Å². The van der Waals surface area contributed by atoms with Crippen molar-refractivity contribution in [3.8, 4) is 0 Å².